The van der Waals surface area contributed by atoms with Gasteiger partial charge in [0.05, 0.1) is 26.3 Å². The minimum atomic E-state index is -2.11. The van der Waals surface area contributed by atoms with E-state index in [2.05, 4.69) is 0 Å². The van der Waals surface area contributed by atoms with Crippen molar-refractivity contribution in [2.45, 2.75) is 49.5 Å². The van der Waals surface area contributed by atoms with Crippen LogP contribution in [0.15, 0.2) is 0 Å². The molecule has 0 bridgehead atoms. The van der Waals surface area contributed by atoms with Crippen LogP contribution in [0, 0.1) is 0 Å². The molecule has 0 fully saturated rings. The van der Waals surface area contributed by atoms with Crippen molar-refractivity contribution in [2.75, 3.05) is 32.8 Å². The first-order chi connectivity index (χ1) is 13.5. The Hall–Kier alpha value is -1.55. The molecule has 0 spiro atoms. The monoisotopic (exact) mass is 427 g/mol. The minimum Gasteiger partial charge on any atom is -0.481 e. The molecule has 0 radical (unpaired) electrons. The van der Waals surface area contributed by atoms with Gasteiger partial charge in [-0.2, -0.15) is 0 Å². The lowest BCUT2D eigenvalue weighted by Crippen LogP contribution is -2.50. The van der Waals surface area contributed by atoms with Crippen LogP contribution in [-0.4, -0.2) is 138 Å². The Labute approximate surface area is 166 Å². The van der Waals surface area contributed by atoms with Gasteiger partial charge in [-0.05, 0) is 13.0 Å². The Morgan fingerprint density at radius 3 is 1.41 bits per heavy atom. The largest absolute Gasteiger partial charge is 0.481 e. The molecule has 0 amide bonds. The predicted octanol–water partition coefficient (Wildman–Crippen LogP) is -5.56. The first-order valence-corrected chi connectivity index (χ1v) is 8.75. The SMILES string of the molecule is O=C(O)CCCN(CC(=O)[C@@H](O)[C@H](O)[C@H](O)CO)CC(=O)[C@@H](O)[C@H](O)[C@H](O)CO. The van der Waals surface area contributed by atoms with Gasteiger partial charge in [0, 0.05) is 6.42 Å². The van der Waals surface area contributed by atoms with Crippen LogP contribution < -0.4 is 0 Å². The van der Waals surface area contributed by atoms with E-state index >= 15 is 0 Å². The van der Waals surface area contributed by atoms with Crippen molar-refractivity contribution < 1.29 is 60.3 Å². The quantitative estimate of drug-likeness (QED) is 0.112. The van der Waals surface area contributed by atoms with Crippen LogP contribution in [0.3, 0.4) is 0 Å². The molecule has 0 aromatic heterocycles. The molecule has 0 heterocycles. The van der Waals surface area contributed by atoms with Crippen LogP contribution in [-0.2, 0) is 14.4 Å². The van der Waals surface area contributed by atoms with Crippen LogP contribution in [0.4, 0.5) is 0 Å². The average molecular weight is 427 g/mol. The van der Waals surface area contributed by atoms with Crippen LogP contribution in [0.5, 0.6) is 0 Å². The maximum atomic E-state index is 12.1. The summed E-state index contributed by atoms with van der Waals surface area (Å²) in [7, 11) is 0. The Morgan fingerprint density at radius 2 is 1.10 bits per heavy atom. The van der Waals surface area contributed by atoms with E-state index in [1.807, 2.05) is 0 Å². The van der Waals surface area contributed by atoms with E-state index in [0.717, 1.165) is 4.90 Å². The first kappa shape index (κ1) is 27.5. The molecule has 170 valence electrons. The predicted molar refractivity (Wildman–Crippen MR) is 93.5 cm³/mol. The topological polar surface area (TPSA) is 237 Å². The fourth-order valence-corrected chi connectivity index (χ4v) is 2.31. The molecule has 0 aliphatic carbocycles. The van der Waals surface area contributed by atoms with Crippen LogP contribution in [0.1, 0.15) is 12.8 Å². The van der Waals surface area contributed by atoms with E-state index in [1.54, 1.807) is 0 Å². The van der Waals surface area contributed by atoms with Crippen molar-refractivity contribution in [2.24, 2.45) is 0 Å². The molecule has 0 aliphatic rings. The fourth-order valence-electron chi connectivity index (χ4n) is 2.31. The third-order valence-corrected chi connectivity index (χ3v) is 4.09. The molecule has 9 N–H and O–H groups in total. The number of carbonyl (C=O) groups is 3. The molecule has 0 aliphatic heterocycles. The van der Waals surface area contributed by atoms with Crippen LogP contribution in [0.2, 0.25) is 0 Å². The number of hydrogen-bond donors (Lipinski definition) is 9. The molecule has 0 saturated carbocycles. The van der Waals surface area contributed by atoms with Crippen molar-refractivity contribution in [1.82, 2.24) is 4.90 Å². The maximum absolute atomic E-state index is 12.1. The molecule has 13 heteroatoms. The van der Waals surface area contributed by atoms with Crippen LogP contribution >= 0.6 is 0 Å². The Kier molecular flexibility index (Phi) is 12.9. The smallest absolute Gasteiger partial charge is 0.303 e. The second-order valence-electron chi connectivity index (χ2n) is 6.51. The zero-order valence-electron chi connectivity index (χ0n) is 15.6. The summed E-state index contributed by atoms with van der Waals surface area (Å²) in [6.45, 7) is -3.38. The van der Waals surface area contributed by atoms with Gasteiger partial charge in [0.1, 0.15) is 36.6 Å². The fraction of sp³-hybridized carbons (Fsp3) is 0.812. The lowest BCUT2D eigenvalue weighted by atomic mass is 10.0. The Balaban J connectivity index is 5.11. The van der Waals surface area contributed by atoms with E-state index in [4.69, 9.17) is 15.3 Å². The second-order valence-corrected chi connectivity index (χ2v) is 6.51. The van der Waals surface area contributed by atoms with Gasteiger partial charge in [0.2, 0.25) is 0 Å². The molecule has 0 aromatic rings. The molecule has 13 nitrogen and oxygen atoms in total. The molecule has 0 rings (SSSR count). The van der Waals surface area contributed by atoms with Crippen LogP contribution in [0.25, 0.3) is 0 Å². The highest BCUT2D eigenvalue weighted by Crippen LogP contribution is 2.07. The lowest BCUT2D eigenvalue weighted by Gasteiger charge is -2.27. The standard InChI is InChI=1S/C16H29NO12/c18-6-10(22)15(28)13(26)8(20)4-17(3-1-2-12(24)25)5-9(21)14(27)16(29)11(23)7-19/h10-11,13-16,18-19,22-23,26-29H,1-7H2,(H,24,25)/t10-,11-,13-,14-,15-,16-/m1/s1. The Morgan fingerprint density at radius 1 is 0.724 bits per heavy atom. The number of carboxylic acids is 1. The van der Waals surface area contributed by atoms with Crippen molar-refractivity contribution >= 4 is 17.5 Å². The number of hydrogen-bond acceptors (Lipinski definition) is 12. The number of aliphatic carboxylic acids is 1. The molecule has 0 saturated heterocycles. The zero-order chi connectivity index (χ0) is 22.7. The number of ketones is 2. The summed E-state index contributed by atoms with van der Waals surface area (Å²) < 4.78 is 0. The first-order valence-electron chi connectivity index (χ1n) is 8.75. The highest BCUT2D eigenvalue weighted by atomic mass is 16.4. The van der Waals surface area contributed by atoms with Gasteiger partial charge in [-0.25, -0.2) is 0 Å². The molecule has 0 unspecified atom stereocenters. The van der Waals surface area contributed by atoms with Crippen molar-refractivity contribution in [1.29, 1.82) is 0 Å². The normalized spacial score (nSPS) is 18.0. The highest BCUT2D eigenvalue weighted by Gasteiger charge is 2.33. The van der Waals surface area contributed by atoms with E-state index in [1.165, 1.54) is 0 Å². The minimum absolute atomic E-state index is 0.0221. The summed E-state index contributed by atoms with van der Waals surface area (Å²) in [5.41, 5.74) is 0. The van der Waals surface area contributed by atoms with Gasteiger partial charge >= 0.3 is 5.97 Å². The third-order valence-electron chi connectivity index (χ3n) is 4.09. The number of aliphatic hydroxyl groups is 8. The summed E-state index contributed by atoms with van der Waals surface area (Å²) in [5.74, 6) is -3.26. The summed E-state index contributed by atoms with van der Waals surface area (Å²) in [5, 5.41) is 83.4. The van der Waals surface area contributed by atoms with E-state index < -0.39 is 80.5 Å². The van der Waals surface area contributed by atoms with E-state index in [-0.39, 0.29) is 19.4 Å². The highest BCUT2D eigenvalue weighted by molar-refractivity contribution is 5.88. The summed E-state index contributed by atoms with van der Waals surface area (Å²) in [6.07, 6.45) is -12.2. The van der Waals surface area contributed by atoms with Gasteiger partial charge in [0.25, 0.3) is 0 Å². The molecule has 0 aromatic carbocycles. The molecular weight excluding hydrogens is 398 g/mol. The van der Waals surface area contributed by atoms with E-state index in [0.29, 0.717) is 0 Å². The molecule has 6 atom stereocenters. The van der Waals surface area contributed by atoms with Gasteiger partial charge in [-0.1, -0.05) is 0 Å². The molecule has 29 heavy (non-hydrogen) atoms. The number of carbonyl (C=O) groups excluding carboxylic acids is 2. The average Bonchev–Trinajstić information content (AvgIpc) is 2.69. The van der Waals surface area contributed by atoms with Gasteiger partial charge < -0.3 is 46.0 Å². The summed E-state index contributed by atoms with van der Waals surface area (Å²) in [6, 6.07) is 0. The van der Waals surface area contributed by atoms with Gasteiger partial charge in [-0.3, -0.25) is 19.3 Å². The number of carboxylic acid groups (broad SMARTS) is 1. The zero-order valence-corrected chi connectivity index (χ0v) is 15.6. The van der Waals surface area contributed by atoms with Gasteiger partial charge in [-0.15, -0.1) is 0 Å². The second kappa shape index (κ2) is 13.6. The van der Waals surface area contributed by atoms with E-state index in [9.17, 15) is 45.0 Å². The number of Topliss-reactive ketones (excluding diaryl/α,β-unsaturated/α-hetero) is 2. The lowest BCUT2D eigenvalue weighted by molar-refractivity contribution is -0.144. The van der Waals surface area contributed by atoms with Crippen molar-refractivity contribution in [3.63, 3.8) is 0 Å². The Bertz CT molecular complexity index is 494. The van der Waals surface area contributed by atoms with Gasteiger partial charge in [0.15, 0.2) is 11.6 Å². The summed E-state index contributed by atoms with van der Waals surface area (Å²) in [4.78, 5) is 35.9. The third kappa shape index (κ3) is 9.66. The van der Waals surface area contributed by atoms with Crippen molar-refractivity contribution in [3.05, 3.63) is 0 Å². The number of nitrogens with zero attached hydrogens (tertiary/aromatic N) is 1. The molecular formula is C16H29NO12. The summed E-state index contributed by atoms with van der Waals surface area (Å²) >= 11 is 0. The number of rotatable bonds is 16. The number of aliphatic hydroxyl groups excluding tert-OH is 8. The van der Waals surface area contributed by atoms with Crippen molar-refractivity contribution in [3.8, 4) is 0 Å². The maximum Gasteiger partial charge on any atom is 0.303 e.